The number of amides is 1. The van der Waals surface area contributed by atoms with Crippen LogP contribution in [0.3, 0.4) is 0 Å². The van der Waals surface area contributed by atoms with E-state index in [0.29, 0.717) is 37.4 Å². The molecule has 1 amide bonds. The van der Waals surface area contributed by atoms with Gasteiger partial charge in [-0.3, -0.25) is 9.69 Å². The fourth-order valence-electron chi connectivity index (χ4n) is 13.8. The number of morpholine rings is 1. The molecule has 0 aromatic carbocycles. The molecule has 50 heavy (non-hydrogen) atoms. The van der Waals surface area contributed by atoms with Crippen molar-refractivity contribution in [2.24, 2.45) is 62.6 Å². The van der Waals surface area contributed by atoms with Gasteiger partial charge in [0, 0.05) is 19.6 Å². The summed E-state index contributed by atoms with van der Waals surface area (Å²) in [7, 11) is 0. The maximum Gasteiger partial charge on any atom is 0.326 e. The van der Waals surface area contributed by atoms with Crippen LogP contribution in [0.4, 0.5) is 0 Å². The van der Waals surface area contributed by atoms with Crippen molar-refractivity contribution in [2.75, 3.05) is 46.1 Å². The number of hydrogen-bond acceptors (Lipinski definition) is 6. The fourth-order valence-corrected chi connectivity index (χ4v) is 13.8. The molecule has 0 bridgehead atoms. The van der Waals surface area contributed by atoms with Crippen molar-refractivity contribution >= 4 is 11.9 Å². The number of ether oxygens (including phenoxy) is 2. The molecule has 6 aliphatic rings. The van der Waals surface area contributed by atoms with Gasteiger partial charge in [0.15, 0.2) is 0 Å². The number of rotatable bonds is 11. The largest absolute Gasteiger partial charge is 0.480 e. The number of carboxylic acid groups (broad SMARTS) is 1. The van der Waals surface area contributed by atoms with Gasteiger partial charge in [0.1, 0.15) is 6.04 Å². The second-order valence-corrected chi connectivity index (χ2v) is 19.5. The van der Waals surface area contributed by atoms with Gasteiger partial charge >= 0.3 is 5.97 Å². The lowest BCUT2D eigenvalue weighted by atomic mass is 9.32. The third-order valence-electron chi connectivity index (χ3n) is 16.6. The van der Waals surface area contributed by atoms with Crippen LogP contribution in [0, 0.1) is 62.6 Å². The molecule has 6 rings (SSSR count). The van der Waals surface area contributed by atoms with E-state index in [9.17, 15) is 19.8 Å². The third kappa shape index (κ3) is 6.22. The van der Waals surface area contributed by atoms with Crippen LogP contribution < -0.4 is 5.32 Å². The van der Waals surface area contributed by atoms with Gasteiger partial charge in [-0.2, -0.15) is 0 Å². The summed E-state index contributed by atoms with van der Waals surface area (Å²) in [5.74, 6) is 0.944. The van der Waals surface area contributed by atoms with Gasteiger partial charge in [-0.05, 0) is 133 Å². The fraction of sp³-hybridized carbons (Fsp3) is 0.905. The van der Waals surface area contributed by atoms with Crippen LogP contribution in [0.25, 0.3) is 0 Å². The molecular formula is C42H70N2O6. The molecule has 1 heterocycles. The zero-order valence-electron chi connectivity index (χ0n) is 32.5. The minimum absolute atomic E-state index is 0.0351. The molecule has 0 aromatic heterocycles. The lowest BCUT2D eigenvalue weighted by molar-refractivity contribution is -0.246. The summed E-state index contributed by atoms with van der Waals surface area (Å²) in [6.45, 7) is 26.6. The molecule has 0 spiro atoms. The van der Waals surface area contributed by atoms with Crippen LogP contribution in [0.2, 0.25) is 0 Å². The molecule has 5 aliphatic carbocycles. The zero-order valence-corrected chi connectivity index (χ0v) is 32.5. The Bertz CT molecular complexity index is 1280. The van der Waals surface area contributed by atoms with Gasteiger partial charge in [-0.25, -0.2) is 4.79 Å². The van der Waals surface area contributed by atoms with Gasteiger partial charge in [0.2, 0.25) is 5.91 Å². The van der Waals surface area contributed by atoms with Crippen molar-refractivity contribution in [1.29, 1.82) is 0 Å². The molecule has 3 N–H and O–H groups in total. The van der Waals surface area contributed by atoms with Crippen molar-refractivity contribution in [3.05, 3.63) is 12.2 Å². The monoisotopic (exact) mass is 699 g/mol. The number of aliphatic hydroxyl groups is 1. The van der Waals surface area contributed by atoms with Crippen LogP contribution in [0.15, 0.2) is 12.2 Å². The molecule has 1 saturated heterocycles. The van der Waals surface area contributed by atoms with Crippen molar-refractivity contribution in [2.45, 2.75) is 131 Å². The molecular weight excluding hydrogens is 628 g/mol. The van der Waals surface area contributed by atoms with Gasteiger partial charge in [-0.1, -0.05) is 55.0 Å². The molecule has 284 valence electrons. The maximum absolute atomic E-state index is 14.7. The standard InChI is InChI=1S/C42H70N2O6/c1-27(2)25-31(36(46)47)43-37(48)42-16-11-29(28(3)26-50-24-21-44-19-22-49-23-20-44)35(42)30-9-10-33-39(6)14-13-34(45)38(4,5)32(39)12-15-41(33,8)40(30,7)17-18-42/h27,29-35,45H,3,9-26H2,1-2,4-8H3,(H,43,48)(H,46,47)/t29-,30+,31?,32-,33+,34-,35+,39-,40+,41+,42-/m0/s1. The second kappa shape index (κ2) is 14.1. The summed E-state index contributed by atoms with van der Waals surface area (Å²) in [5, 5.41) is 24.4. The van der Waals surface area contributed by atoms with Crippen LogP contribution in [-0.2, 0) is 19.1 Å². The number of hydrogen-bond donors (Lipinski definition) is 3. The second-order valence-electron chi connectivity index (χ2n) is 19.5. The predicted molar refractivity (Wildman–Crippen MR) is 196 cm³/mol. The third-order valence-corrected chi connectivity index (χ3v) is 16.6. The average Bonchev–Trinajstić information content (AvgIpc) is 3.46. The van der Waals surface area contributed by atoms with E-state index in [1.807, 2.05) is 13.8 Å². The highest BCUT2D eigenvalue weighted by atomic mass is 16.5. The van der Waals surface area contributed by atoms with Crippen LogP contribution >= 0.6 is 0 Å². The first-order valence-electron chi connectivity index (χ1n) is 20.3. The maximum atomic E-state index is 14.7. The van der Waals surface area contributed by atoms with Crippen molar-refractivity contribution < 1.29 is 29.3 Å². The molecule has 8 nitrogen and oxygen atoms in total. The van der Waals surface area contributed by atoms with Gasteiger partial charge in [-0.15, -0.1) is 0 Å². The number of nitrogens with zero attached hydrogens (tertiary/aromatic N) is 1. The van der Waals surface area contributed by atoms with Crippen molar-refractivity contribution in [3.63, 3.8) is 0 Å². The number of carboxylic acids is 1. The number of aliphatic hydroxyl groups excluding tert-OH is 1. The number of nitrogens with one attached hydrogen (secondary N) is 1. The van der Waals surface area contributed by atoms with E-state index in [0.717, 1.165) is 96.2 Å². The normalized spacial score (nSPS) is 43.2. The Hall–Kier alpha value is -1.48. The van der Waals surface area contributed by atoms with E-state index in [1.54, 1.807) is 0 Å². The Morgan fingerprint density at radius 1 is 0.920 bits per heavy atom. The number of carbonyl (C=O) groups is 2. The molecule has 0 aromatic rings. The Morgan fingerprint density at radius 3 is 2.32 bits per heavy atom. The van der Waals surface area contributed by atoms with Gasteiger partial charge < -0.3 is 25.0 Å². The van der Waals surface area contributed by atoms with Gasteiger partial charge in [0.25, 0.3) is 0 Å². The molecule has 1 unspecified atom stereocenters. The highest BCUT2D eigenvalue weighted by Gasteiger charge is 2.72. The first kappa shape index (κ1) is 38.3. The quantitative estimate of drug-likeness (QED) is 0.158. The van der Waals surface area contributed by atoms with E-state index < -0.39 is 17.4 Å². The molecule has 6 fully saturated rings. The van der Waals surface area contributed by atoms with E-state index >= 15 is 0 Å². The minimum atomic E-state index is -0.938. The first-order valence-corrected chi connectivity index (χ1v) is 20.3. The SMILES string of the molecule is C=C(COCCN1CCOCC1)[C@@H]1CC[C@]2(C(=O)NC(CC(C)C)C(=O)O)CC[C@]3(C)[C@H](CC[C@@H]4[C@@]5(C)CC[C@H](O)C(C)(C)[C@@H]5CC[C@]43C)[C@@H]12. The highest BCUT2D eigenvalue weighted by Crippen LogP contribution is 2.77. The summed E-state index contributed by atoms with van der Waals surface area (Å²) in [6.07, 6.45) is 10.2. The molecule has 5 saturated carbocycles. The lowest BCUT2D eigenvalue weighted by Gasteiger charge is -2.72. The lowest BCUT2D eigenvalue weighted by Crippen LogP contribution is -2.67. The van der Waals surface area contributed by atoms with E-state index in [-0.39, 0.29) is 51.4 Å². The van der Waals surface area contributed by atoms with E-state index in [2.05, 4.69) is 51.4 Å². The Labute approximate surface area is 302 Å². The van der Waals surface area contributed by atoms with Crippen LogP contribution in [0.5, 0.6) is 0 Å². The molecule has 11 atom stereocenters. The zero-order chi connectivity index (χ0) is 36.3. The highest BCUT2D eigenvalue weighted by molar-refractivity contribution is 5.88. The minimum Gasteiger partial charge on any atom is -0.480 e. The average molecular weight is 699 g/mol. The molecule has 8 heteroatoms. The smallest absolute Gasteiger partial charge is 0.326 e. The number of aliphatic carboxylic acids is 1. The Morgan fingerprint density at radius 2 is 1.64 bits per heavy atom. The number of fused-ring (bicyclic) bond motifs is 7. The summed E-state index contributed by atoms with van der Waals surface area (Å²) < 4.78 is 11.8. The van der Waals surface area contributed by atoms with Crippen LogP contribution in [0.1, 0.15) is 119 Å². The van der Waals surface area contributed by atoms with Crippen molar-refractivity contribution in [1.82, 2.24) is 10.2 Å². The Balaban J connectivity index is 1.29. The topological polar surface area (TPSA) is 108 Å². The predicted octanol–water partition coefficient (Wildman–Crippen LogP) is 6.95. The van der Waals surface area contributed by atoms with Crippen molar-refractivity contribution in [3.8, 4) is 0 Å². The molecule has 1 aliphatic heterocycles. The molecule has 0 radical (unpaired) electrons. The Kier molecular flexibility index (Phi) is 10.8. The number of carbonyl (C=O) groups excluding carboxylic acids is 1. The van der Waals surface area contributed by atoms with E-state index in [4.69, 9.17) is 9.47 Å². The summed E-state index contributed by atoms with van der Waals surface area (Å²) in [4.78, 5) is 29.5. The summed E-state index contributed by atoms with van der Waals surface area (Å²) in [5.41, 5.74) is 0.818. The van der Waals surface area contributed by atoms with Gasteiger partial charge in [0.05, 0.1) is 37.9 Å². The summed E-state index contributed by atoms with van der Waals surface area (Å²) in [6, 6.07) is -0.870. The summed E-state index contributed by atoms with van der Waals surface area (Å²) >= 11 is 0. The van der Waals surface area contributed by atoms with Crippen LogP contribution in [-0.4, -0.2) is 85.2 Å². The first-order chi connectivity index (χ1) is 23.5. The van der Waals surface area contributed by atoms with E-state index in [1.165, 1.54) is 6.42 Å².